The highest BCUT2D eigenvalue weighted by Gasteiger charge is 2.31. The van der Waals surface area contributed by atoms with Crippen LogP contribution in [-0.4, -0.2) is 4.98 Å². The second-order valence-corrected chi connectivity index (χ2v) is 13.4. The number of fused-ring (bicyclic) bond motifs is 3. The van der Waals surface area contributed by atoms with Crippen LogP contribution in [0.25, 0.3) is 33.3 Å². The molecule has 3 heterocycles. The molecule has 6 rings (SSSR count). The maximum absolute atomic E-state index is 9.55. The summed E-state index contributed by atoms with van der Waals surface area (Å²) in [5, 5.41) is 1.85. The van der Waals surface area contributed by atoms with Gasteiger partial charge in [0.2, 0.25) is 11.4 Å². The van der Waals surface area contributed by atoms with Gasteiger partial charge in [-0.2, -0.15) is 0 Å². The third-order valence-corrected chi connectivity index (χ3v) is 9.40. The zero-order valence-corrected chi connectivity index (χ0v) is 23.9. The van der Waals surface area contributed by atoms with Gasteiger partial charge in [-0.1, -0.05) is 39.8 Å². The predicted molar refractivity (Wildman–Crippen MR) is 158 cm³/mol. The van der Waals surface area contributed by atoms with Crippen molar-refractivity contribution in [3.63, 3.8) is 0 Å². The number of hydrogen-bond acceptors (Lipinski definition) is 2. The van der Waals surface area contributed by atoms with Crippen LogP contribution < -0.4 is 4.57 Å². The molecule has 0 saturated heterocycles. The molecule has 2 aliphatic carbocycles. The second-order valence-electron chi connectivity index (χ2n) is 13.4. The molecule has 3 heteroatoms. The van der Waals surface area contributed by atoms with E-state index in [-0.39, 0.29) is 16.4 Å². The van der Waals surface area contributed by atoms with Crippen LogP contribution >= 0.6 is 0 Å². The minimum Gasteiger partial charge on any atom is -0.437 e. The Hall–Kier alpha value is -2.68. The van der Waals surface area contributed by atoms with Crippen molar-refractivity contribution >= 4 is 22.1 Å². The number of furan rings is 1. The molecule has 3 nitrogen and oxygen atoms in total. The monoisotopic (exact) mass is 514 g/mol. The predicted octanol–water partition coefficient (Wildman–Crippen LogP) is 9.46. The van der Waals surface area contributed by atoms with E-state index in [4.69, 9.17) is 13.5 Å². The zero-order chi connectivity index (χ0) is 31.2. The van der Waals surface area contributed by atoms with E-state index in [0.29, 0.717) is 29.7 Å². The fourth-order valence-corrected chi connectivity index (χ4v) is 6.51. The van der Waals surface area contributed by atoms with Gasteiger partial charge in [-0.15, -0.1) is 0 Å². The Labute approximate surface area is 235 Å². The normalized spacial score (nSPS) is 24.3. The highest BCUT2D eigenvalue weighted by Crippen LogP contribution is 2.45. The van der Waals surface area contributed by atoms with Gasteiger partial charge in [0.25, 0.3) is 0 Å². The molecule has 2 saturated carbocycles. The number of hydrogen-bond donors (Lipinski definition) is 0. The number of pyridine rings is 2. The summed E-state index contributed by atoms with van der Waals surface area (Å²) in [4.78, 5) is 4.94. The van der Waals surface area contributed by atoms with Crippen molar-refractivity contribution in [3.8, 4) is 11.3 Å². The number of nitrogens with zero attached hydrogens (tertiary/aromatic N) is 2. The van der Waals surface area contributed by atoms with Gasteiger partial charge in [-0.3, -0.25) is 0 Å². The van der Waals surface area contributed by atoms with Gasteiger partial charge in [-0.25, -0.2) is 9.55 Å². The van der Waals surface area contributed by atoms with Crippen molar-refractivity contribution in [2.45, 2.75) is 105 Å². The average molecular weight is 515 g/mol. The minimum absolute atomic E-state index is 0.154. The molecule has 4 aromatic rings. The molecule has 0 amide bonds. The molecular weight excluding hydrogens is 464 g/mol. The Kier molecular flexibility index (Phi) is 4.91. The van der Waals surface area contributed by atoms with Crippen LogP contribution in [0.5, 0.6) is 0 Å². The molecule has 1 aromatic carbocycles. The molecule has 0 atom stereocenters. The number of rotatable bonds is 3. The summed E-state index contributed by atoms with van der Waals surface area (Å²) in [6, 6.07) is 10.1. The van der Waals surface area contributed by atoms with Gasteiger partial charge in [0.1, 0.15) is 7.05 Å². The molecular formula is C35H45N2O+. The lowest BCUT2D eigenvalue weighted by Gasteiger charge is -2.34. The quantitative estimate of drug-likeness (QED) is 0.255. The third kappa shape index (κ3) is 4.56. The molecule has 3 aromatic heterocycles. The zero-order valence-electron chi connectivity index (χ0n) is 28.9. The molecule has 0 bridgehead atoms. The fourth-order valence-electron chi connectivity index (χ4n) is 6.51. The summed E-state index contributed by atoms with van der Waals surface area (Å²) < 4.78 is 52.3. The fraction of sp³-hybridized carbons (Fsp3) is 0.543. The van der Waals surface area contributed by atoms with Crippen molar-refractivity contribution in [2.75, 3.05) is 0 Å². The lowest BCUT2D eigenvalue weighted by Crippen LogP contribution is -2.32. The van der Waals surface area contributed by atoms with E-state index in [1.807, 2.05) is 36.7 Å². The molecule has 38 heavy (non-hydrogen) atoms. The standard InChI is InChI=1S/C35H45N2O/c1-22-8-9-26-27-10-11-29(25-14-18-35(5,6)19-15-25)36-33(27)38-32(26)31(22)30-20-28(23(2)21-37(30)7)24-12-16-34(3,4)17-13-24/h8-11,20-21,24-25H,12-19H2,1-7H3/q+1/i2D3,24D,25D. The van der Waals surface area contributed by atoms with Crippen molar-refractivity contribution < 1.29 is 15.8 Å². The number of benzene rings is 1. The van der Waals surface area contributed by atoms with Crippen LogP contribution in [-0.2, 0) is 7.05 Å². The van der Waals surface area contributed by atoms with E-state index in [1.165, 1.54) is 0 Å². The van der Waals surface area contributed by atoms with Crippen LogP contribution in [0.1, 0.15) is 120 Å². The summed E-state index contributed by atoms with van der Waals surface area (Å²) in [6.07, 6.45) is 8.29. The second kappa shape index (κ2) is 9.21. The van der Waals surface area contributed by atoms with Gasteiger partial charge in [0.05, 0.1) is 5.56 Å². The molecule has 200 valence electrons. The molecule has 0 unspecified atom stereocenters. The third-order valence-electron chi connectivity index (χ3n) is 9.40. The van der Waals surface area contributed by atoms with E-state index in [1.54, 1.807) is 6.20 Å². The molecule has 0 aliphatic heterocycles. The van der Waals surface area contributed by atoms with Gasteiger partial charge < -0.3 is 4.42 Å². The maximum Gasteiger partial charge on any atom is 0.227 e. The SMILES string of the molecule is [2H]C([2H])([2H])c1c[n+](C)c(-c2c(C)ccc3c2oc2nc(C4([2H])CCC(C)(C)CC4)ccc23)cc1C1([2H])CCC(C)(C)CC1. The Balaban J connectivity index is 1.51. The van der Waals surface area contributed by atoms with E-state index >= 15 is 0 Å². The largest absolute Gasteiger partial charge is 0.437 e. The smallest absolute Gasteiger partial charge is 0.227 e. The first-order valence-electron chi connectivity index (χ1n) is 16.8. The van der Waals surface area contributed by atoms with Crippen molar-refractivity contribution in [1.82, 2.24) is 4.98 Å². The van der Waals surface area contributed by atoms with Gasteiger partial charge >= 0.3 is 0 Å². The summed E-state index contributed by atoms with van der Waals surface area (Å²) in [6.45, 7) is 8.74. The van der Waals surface area contributed by atoms with Gasteiger partial charge in [-0.05, 0) is 105 Å². The summed E-state index contributed by atoms with van der Waals surface area (Å²) in [5.41, 5.74) is 5.98. The Morgan fingerprint density at radius 3 is 2.18 bits per heavy atom. The van der Waals surface area contributed by atoms with Crippen LogP contribution in [0.4, 0.5) is 0 Å². The van der Waals surface area contributed by atoms with Crippen LogP contribution in [0.2, 0.25) is 0 Å². The molecule has 2 fully saturated rings. The Bertz CT molecular complexity index is 1710. The van der Waals surface area contributed by atoms with Crippen LogP contribution in [0, 0.1) is 24.6 Å². The van der Waals surface area contributed by atoms with Crippen molar-refractivity contribution in [1.29, 1.82) is 0 Å². The van der Waals surface area contributed by atoms with Crippen LogP contribution in [0.3, 0.4) is 0 Å². The highest BCUT2D eigenvalue weighted by atomic mass is 16.3. The summed E-state index contributed by atoms with van der Waals surface area (Å²) >= 11 is 0. The minimum atomic E-state index is -2.33. The average Bonchev–Trinajstić information content (AvgIpc) is 3.30. The molecule has 0 N–H and O–H groups in total. The lowest BCUT2D eigenvalue weighted by molar-refractivity contribution is -0.660. The van der Waals surface area contributed by atoms with Crippen molar-refractivity contribution in [3.05, 3.63) is 58.9 Å². The van der Waals surface area contributed by atoms with Gasteiger partial charge in [0, 0.05) is 40.8 Å². The van der Waals surface area contributed by atoms with Crippen molar-refractivity contribution in [2.24, 2.45) is 17.9 Å². The van der Waals surface area contributed by atoms with E-state index < -0.39 is 18.6 Å². The first kappa shape index (κ1) is 20.3. The summed E-state index contributed by atoms with van der Waals surface area (Å²) in [5.74, 6) is -1.68. The number of aryl methyl sites for hydroxylation is 3. The topological polar surface area (TPSA) is 29.9 Å². The highest BCUT2D eigenvalue weighted by molar-refractivity contribution is 6.08. The lowest BCUT2D eigenvalue weighted by atomic mass is 9.71. The Morgan fingerprint density at radius 2 is 1.53 bits per heavy atom. The molecule has 0 radical (unpaired) electrons. The summed E-state index contributed by atoms with van der Waals surface area (Å²) in [7, 11) is 1.88. The molecule has 2 aliphatic rings. The Morgan fingerprint density at radius 1 is 0.895 bits per heavy atom. The number of aromatic nitrogens is 2. The maximum atomic E-state index is 9.55. The van der Waals surface area contributed by atoms with E-state index in [0.717, 1.165) is 71.8 Å². The molecule has 0 spiro atoms. The van der Waals surface area contributed by atoms with E-state index in [9.17, 15) is 2.74 Å². The van der Waals surface area contributed by atoms with Gasteiger partial charge in [0.15, 0.2) is 11.8 Å². The first-order chi connectivity index (χ1) is 19.9. The van der Waals surface area contributed by atoms with E-state index in [2.05, 4.69) is 39.8 Å². The van der Waals surface area contributed by atoms with Crippen LogP contribution in [0.15, 0.2) is 40.9 Å². The first-order valence-corrected chi connectivity index (χ1v) is 14.3.